The summed E-state index contributed by atoms with van der Waals surface area (Å²) in [6.45, 7) is 6.14. The SMILES string of the molecule is CC[C@H](Sc1ccccc1)C(=O)Nc1nnc(C(C)C)s1. The molecule has 21 heavy (non-hydrogen) atoms. The Balaban J connectivity index is 1.99. The summed E-state index contributed by atoms with van der Waals surface area (Å²) in [6.07, 6.45) is 0.765. The van der Waals surface area contributed by atoms with Crippen LogP contribution >= 0.6 is 23.1 Å². The first-order valence-electron chi connectivity index (χ1n) is 6.96. The molecule has 2 aromatic rings. The molecule has 112 valence electrons. The first-order chi connectivity index (χ1) is 10.1. The van der Waals surface area contributed by atoms with Crippen molar-refractivity contribution in [3.63, 3.8) is 0 Å². The molecule has 2 rings (SSSR count). The Hall–Kier alpha value is -1.40. The van der Waals surface area contributed by atoms with Crippen LogP contribution in [0.1, 0.15) is 38.1 Å². The Morgan fingerprint density at radius 2 is 2.00 bits per heavy atom. The van der Waals surface area contributed by atoms with Gasteiger partial charge in [0, 0.05) is 10.8 Å². The van der Waals surface area contributed by atoms with Crippen molar-refractivity contribution >= 4 is 34.1 Å². The number of carbonyl (C=O) groups is 1. The quantitative estimate of drug-likeness (QED) is 0.811. The molecule has 0 bridgehead atoms. The van der Waals surface area contributed by atoms with Gasteiger partial charge in [-0.3, -0.25) is 10.1 Å². The van der Waals surface area contributed by atoms with E-state index in [1.165, 1.54) is 11.3 Å². The molecule has 0 fully saturated rings. The lowest BCUT2D eigenvalue weighted by Crippen LogP contribution is -2.24. The van der Waals surface area contributed by atoms with Crippen LogP contribution in [-0.4, -0.2) is 21.4 Å². The molecule has 0 saturated heterocycles. The van der Waals surface area contributed by atoms with Crippen molar-refractivity contribution in [1.82, 2.24) is 10.2 Å². The van der Waals surface area contributed by atoms with Gasteiger partial charge in [-0.15, -0.1) is 22.0 Å². The highest BCUT2D eigenvalue weighted by molar-refractivity contribution is 8.00. The number of nitrogens with zero attached hydrogens (tertiary/aromatic N) is 2. The highest BCUT2D eigenvalue weighted by Gasteiger charge is 2.19. The van der Waals surface area contributed by atoms with Crippen LogP contribution in [-0.2, 0) is 4.79 Å². The van der Waals surface area contributed by atoms with Gasteiger partial charge in [-0.1, -0.05) is 50.3 Å². The number of anilines is 1. The van der Waals surface area contributed by atoms with Crippen molar-refractivity contribution in [1.29, 1.82) is 0 Å². The molecular weight excluding hydrogens is 302 g/mol. The van der Waals surface area contributed by atoms with E-state index in [2.05, 4.69) is 29.4 Å². The Morgan fingerprint density at radius 1 is 1.29 bits per heavy atom. The van der Waals surface area contributed by atoms with Gasteiger partial charge in [0.05, 0.1) is 5.25 Å². The van der Waals surface area contributed by atoms with E-state index < -0.39 is 0 Å². The lowest BCUT2D eigenvalue weighted by molar-refractivity contribution is -0.115. The number of rotatable bonds is 6. The molecule has 0 saturated carbocycles. The normalized spacial score (nSPS) is 12.4. The molecule has 4 nitrogen and oxygen atoms in total. The lowest BCUT2D eigenvalue weighted by Gasteiger charge is -2.13. The molecule has 0 unspecified atom stereocenters. The second-order valence-electron chi connectivity index (χ2n) is 4.92. The van der Waals surface area contributed by atoms with E-state index in [0.717, 1.165) is 16.3 Å². The van der Waals surface area contributed by atoms with Crippen LogP contribution in [0.25, 0.3) is 0 Å². The van der Waals surface area contributed by atoms with Gasteiger partial charge in [0.25, 0.3) is 0 Å². The second-order valence-corrected chi connectivity index (χ2v) is 7.20. The molecule has 1 aromatic heterocycles. The third kappa shape index (κ3) is 4.54. The van der Waals surface area contributed by atoms with E-state index in [0.29, 0.717) is 11.0 Å². The van der Waals surface area contributed by atoms with Crippen LogP contribution in [0, 0.1) is 0 Å². The minimum absolute atomic E-state index is 0.0159. The van der Waals surface area contributed by atoms with E-state index in [1.54, 1.807) is 11.8 Å². The van der Waals surface area contributed by atoms with Gasteiger partial charge in [0.2, 0.25) is 11.0 Å². The summed E-state index contributed by atoms with van der Waals surface area (Å²) in [5.41, 5.74) is 0. The average molecular weight is 321 g/mol. The van der Waals surface area contributed by atoms with Gasteiger partial charge in [0.1, 0.15) is 5.01 Å². The zero-order valence-electron chi connectivity index (χ0n) is 12.4. The van der Waals surface area contributed by atoms with Gasteiger partial charge < -0.3 is 0 Å². The van der Waals surface area contributed by atoms with Gasteiger partial charge in [-0.05, 0) is 18.6 Å². The van der Waals surface area contributed by atoms with Crippen LogP contribution in [0.15, 0.2) is 35.2 Å². The first-order valence-corrected chi connectivity index (χ1v) is 8.65. The van der Waals surface area contributed by atoms with E-state index >= 15 is 0 Å². The summed E-state index contributed by atoms with van der Waals surface area (Å²) >= 11 is 3.01. The second kappa shape index (κ2) is 7.56. The summed E-state index contributed by atoms with van der Waals surface area (Å²) in [7, 11) is 0. The summed E-state index contributed by atoms with van der Waals surface area (Å²) in [6, 6.07) is 9.96. The molecule has 0 radical (unpaired) electrons. The molecule has 0 spiro atoms. The maximum Gasteiger partial charge on any atom is 0.239 e. The summed E-state index contributed by atoms with van der Waals surface area (Å²) in [5.74, 6) is 0.312. The fourth-order valence-corrected chi connectivity index (χ4v) is 3.41. The fourth-order valence-electron chi connectivity index (χ4n) is 1.69. The summed E-state index contributed by atoms with van der Waals surface area (Å²) in [5, 5.41) is 12.4. The molecular formula is C15H19N3OS2. The minimum Gasteiger partial charge on any atom is -0.300 e. The standard InChI is InChI=1S/C15H19N3OS2/c1-4-12(20-11-8-6-5-7-9-11)13(19)16-15-18-17-14(21-15)10(2)3/h5-10,12H,4H2,1-3H3,(H,16,18,19)/t12-/m0/s1. The molecule has 1 N–H and O–H groups in total. The fraction of sp³-hybridized carbons (Fsp3) is 0.400. The van der Waals surface area contributed by atoms with E-state index in [-0.39, 0.29) is 11.2 Å². The Kier molecular flexibility index (Phi) is 5.76. The molecule has 1 heterocycles. The molecule has 0 aliphatic rings. The van der Waals surface area contributed by atoms with Gasteiger partial charge in [0.15, 0.2) is 0 Å². The van der Waals surface area contributed by atoms with Crippen molar-refractivity contribution < 1.29 is 4.79 Å². The van der Waals surface area contributed by atoms with E-state index in [4.69, 9.17) is 0 Å². The monoisotopic (exact) mass is 321 g/mol. The molecule has 0 aliphatic heterocycles. The first kappa shape index (κ1) is 16.0. The number of hydrogen-bond acceptors (Lipinski definition) is 5. The van der Waals surface area contributed by atoms with Crippen molar-refractivity contribution in [3.8, 4) is 0 Å². The molecule has 6 heteroatoms. The van der Waals surface area contributed by atoms with E-state index in [9.17, 15) is 4.79 Å². The number of amides is 1. The highest BCUT2D eigenvalue weighted by atomic mass is 32.2. The van der Waals surface area contributed by atoms with Crippen LogP contribution in [0.2, 0.25) is 0 Å². The molecule has 1 aromatic carbocycles. The average Bonchev–Trinajstić information content (AvgIpc) is 2.94. The summed E-state index contributed by atoms with van der Waals surface area (Å²) in [4.78, 5) is 13.4. The number of aromatic nitrogens is 2. The van der Waals surface area contributed by atoms with Crippen LogP contribution in [0.5, 0.6) is 0 Å². The molecule has 0 aliphatic carbocycles. The number of carbonyl (C=O) groups excluding carboxylic acids is 1. The smallest absolute Gasteiger partial charge is 0.239 e. The lowest BCUT2D eigenvalue weighted by atomic mass is 10.2. The van der Waals surface area contributed by atoms with Crippen molar-refractivity contribution in [2.45, 2.75) is 43.3 Å². The third-order valence-corrected chi connectivity index (χ3v) is 5.36. The van der Waals surface area contributed by atoms with Gasteiger partial charge in [-0.25, -0.2) is 0 Å². The maximum atomic E-state index is 12.3. The van der Waals surface area contributed by atoms with Gasteiger partial charge >= 0.3 is 0 Å². The Bertz CT molecular complexity index is 584. The largest absolute Gasteiger partial charge is 0.300 e. The zero-order chi connectivity index (χ0) is 15.2. The number of benzene rings is 1. The predicted octanol–water partition coefficient (Wildman–Crippen LogP) is 4.17. The van der Waals surface area contributed by atoms with Gasteiger partial charge in [-0.2, -0.15) is 0 Å². The summed E-state index contributed by atoms with van der Waals surface area (Å²) < 4.78 is 0. The topological polar surface area (TPSA) is 54.9 Å². The maximum absolute atomic E-state index is 12.3. The minimum atomic E-state index is -0.126. The molecule has 1 atom stereocenters. The number of hydrogen-bond donors (Lipinski definition) is 1. The highest BCUT2D eigenvalue weighted by Crippen LogP contribution is 2.27. The zero-order valence-corrected chi connectivity index (χ0v) is 14.0. The Labute approximate surface area is 133 Å². The van der Waals surface area contributed by atoms with Crippen molar-refractivity contribution in [3.05, 3.63) is 35.3 Å². The number of thioether (sulfide) groups is 1. The van der Waals surface area contributed by atoms with Crippen molar-refractivity contribution in [2.24, 2.45) is 0 Å². The van der Waals surface area contributed by atoms with Crippen molar-refractivity contribution in [2.75, 3.05) is 5.32 Å². The number of nitrogens with one attached hydrogen (secondary N) is 1. The third-order valence-electron chi connectivity index (χ3n) is 2.85. The van der Waals surface area contributed by atoms with Crippen LogP contribution in [0.4, 0.5) is 5.13 Å². The molecule has 1 amide bonds. The Morgan fingerprint density at radius 3 is 2.57 bits per heavy atom. The van der Waals surface area contributed by atoms with Crippen LogP contribution < -0.4 is 5.32 Å². The predicted molar refractivity (Wildman–Crippen MR) is 89.0 cm³/mol. The van der Waals surface area contributed by atoms with E-state index in [1.807, 2.05) is 37.3 Å². The van der Waals surface area contributed by atoms with Crippen LogP contribution in [0.3, 0.4) is 0 Å².